The van der Waals surface area contributed by atoms with Gasteiger partial charge in [-0.2, -0.15) is 0 Å². The summed E-state index contributed by atoms with van der Waals surface area (Å²) in [6.45, 7) is 1.22. The van der Waals surface area contributed by atoms with E-state index in [-0.39, 0.29) is 5.84 Å². The smallest absolute Gasteiger partial charge is 0.159 e. The number of nitrogens with zero attached hydrogens (tertiary/aromatic N) is 1. The molecule has 4 nitrogen and oxygen atoms in total. The van der Waals surface area contributed by atoms with E-state index < -0.39 is 11.6 Å². The molecule has 0 radical (unpaired) electrons. The molecule has 0 atom stereocenters. The van der Waals surface area contributed by atoms with Crippen LogP contribution in [0.2, 0.25) is 0 Å². The number of rotatable bonds is 7. The third kappa shape index (κ3) is 5.09. The summed E-state index contributed by atoms with van der Waals surface area (Å²) in [5.74, 6) is -1.45. The van der Waals surface area contributed by atoms with Crippen LogP contribution in [0.1, 0.15) is 24.8 Å². The molecule has 0 aliphatic heterocycles. The van der Waals surface area contributed by atoms with Crippen molar-refractivity contribution in [1.29, 1.82) is 0 Å². The quantitative estimate of drug-likeness (QED) is 0.230. The zero-order valence-corrected chi connectivity index (χ0v) is 10.00. The van der Waals surface area contributed by atoms with Crippen LogP contribution in [0, 0.1) is 11.6 Å². The molecule has 1 rings (SSSR count). The Morgan fingerprint density at radius 3 is 2.72 bits per heavy atom. The van der Waals surface area contributed by atoms with Gasteiger partial charge in [0.2, 0.25) is 0 Å². The molecule has 0 aromatic heterocycles. The van der Waals surface area contributed by atoms with Gasteiger partial charge in [0.1, 0.15) is 5.84 Å². The van der Waals surface area contributed by atoms with Gasteiger partial charge in [0.25, 0.3) is 0 Å². The van der Waals surface area contributed by atoms with Crippen molar-refractivity contribution in [1.82, 2.24) is 5.32 Å². The van der Waals surface area contributed by atoms with Crippen molar-refractivity contribution in [2.75, 3.05) is 6.54 Å². The molecular weight excluding hydrogens is 240 g/mol. The van der Waals surface area contributed by atoms with E-state index in [0.29, 0.717) is 18.5 Å². The van der Waals surface area contributed by atoms with E-state index in [1.807, 2.05) is 0 Å². The number of nitrogens with one attached hydrogen (secondary N) is 1. The molecule has 4 N–H and O–H groups in total. The lowest BCUT2D eigenvalue weighted by molar-refractivity contribution is 0.316. The predicted molar refractivity (Wildman–Crippen MR) is 65.3 cm³/mol. The first-order valence-electron chi connectivity index (χ1n) is 5.74. The van der Waals surface area contributed by atoms with Gasteiger partial charge in [0.05, 0.1) is 0 Å². The maximum atomic E-state index is 12.9. The molecule has 1 aromatic rings. The normalized spacial score (nSPS) is 11.8. The van der Waals surface area contributed by atoms with Gasteiger partial charge in [0, 0.05) is 13.0 Å². The van der Waals surface area contributed by atoms with Crippen LogP contribution in [0.5, 0.6) is 0 Å². The Balaban J connectivity index is 2.16. The zero-order valence-electron chi connectivity index (χ0n) is 10.00. The second-order valence-corrected chi connectivity index (χ2v) is 3.97. The highest BCUT2D eigenvalue weighted by Gasteiger charge is 2.01. The fourth-order valence-electron chi connectivity index (χ4n) is 1.49. The average Bonchev–Trinajstić information content (AvgIpc) is 2.37. The number of oxime groups is 1. The number of amidine groups is 1. The van der Waals surface area contributed by atoms with E-state index in [4.69, 9.17) is 10.9 Å². The molecule has 1 aromatic carbocycles. The summed E-state index contributed by atoms with van der Waals surface area (Å²) in [5.41, 5.74) is 6.01. The highest BCUT2D eigenvalue weighted by molar-refractivity contribution is 5.79. The SMILES string of the molecule is NC(CCCCNCc1ccc(F)c(F)c1)=NO. The van der Waals surface area contributed by atoms with Crippen molar-refractivity contribution in [2.45, 2.75) is 25.8 Å². The van der Waals surface area contributed by atoms with E-state index >= 15 is 0 Å². The first kappa shape index (κ1) is 14.4. The lowest BCUT2D eigenvalue weighted by atomic mass is 10.2. The third-order valence-corrected chi connectivity index (χ3v) is 2.48. The van der Waals surface area contributed by atoms with Crippen LogP contribution in [-0.4, -0.2) is 17.6 Å². The molecule has 0 spiro atoms. The van der Waals surface area contributed by atoms with Crippen LogP contribution in [0.25, 0.3) is 0 Å². The van der Waals surface area contributed by atoms with Gasteiger partial charge >= 0.3 is 0 Å². The minimum absolute atomic E-state index is 0.218. The van der Waals surface area contributed by atoms with Crippen molar-refractivity contribution in [3.05, 3.63) is 35.4 Å². The van der Waals surface area contributed by atoms with Crippen molar-refractivity contribution >= 4 is 5.84 Å². The molecule has 6 heteroatoms. The van der Waals surface area contributed by atoms with Gasteiger partial charge in [-0.15, -0.1) is 0 Å². The fraction of sp³-hybridized carbons (Fsp3) is 0.417. The Morgan fingerprint density at radius 1 is 1.28 bits per heavy atom. The number of hydrogen-bond acceptors (Lipinski definition) is 3. The number of unbranched alkanes of at least 4 members (excludes halogenated alkanes) is 1. The third-order valence-electron chi connectivity index (χ3n) is 2.48. The Hall–Kier alpha value is -1.69. The topological polar surface area (TPSA) is 70.6 Å². The molecule has 100 valence electrons. The van der Waals surface area contributed by atoms with Gasteiger partial charge < -0.3 is 16.3 Å². The largest absolute Gasteiger partial charge is 0.409 e. The van der Waals surface area contributed by atoms with E-state index in [1.165, 1.54) is 6.07 Å². The highest BCUT2D eigenvalue weighted by Crippen LogP contribution is 2.08. The van der Waals surface area contributed by atoms with Crippen LogP contribution in [-0.2, 0) is 6.54 Å². The molecule has 0 aliphatic carbocycles. The lowest BCUT2D eigenvalue weighted by Gasteiger charge is -2.05. The van der Waals surface area contributed by atoms with Crippen molar-refractivity contribution in [2.24, 2.45) is 10.9 Å². The first-order valence-corrected chi connectivity index (χ1v) is 5.74. The Labute approximate surface area is 104 Å². The van der Waals surface area contributed by atoms with E-state index in [2.05, 4.69) is 10.5 Å². The number of benzene rings is 1. The van der Waals surface area contributed by atoms with Gasteiger partial charge in [-0.05, 0) is 37.1 Å². The second kappa shape index (κ2) is 7.60. The Bertz CT molecular complexity index is 410. The van der Waals surface area contributed by atoms with Crippen molar-refractivity contribution in [3.63, 3.8) is 0 Å². The van der Waals surface area contributed by atoms with Gasteiger partial charge in [0.15, 0.2) is 11.6 Å². The van der Waals surface area contributed by atoms with E-state index in [0.717, 1.165) is 25.5 Å². The molecule has 0 saturated carbocycles. The number of nitrogens with two attached hydrogens (primary N) is 1. The lowest BCUT2D eigenvalue weighted by Crippen LogP contribution is -2.16. The maximum absolute atomic E-state index is 12.9. The molecule has 0 saturated heterocycles. The highest BCUT2D eigenvalue weighted by atomic mass is 19.2. The Kier molecular flexibility index (Phi) is 6.07. The van der Waals surface area contributed by atoms with E-state index in [1.54, 1.807) is 6.07 Å². The zero-order chi connectivity index (χ0) is 13.4. The number of halogens is 2. The minimum atomic E-state index is -0.836. The van der Waals surface area contributed by atoms with Crippen LogP contribution in [0.4, 0.5) is 8.78 Å². The summed E-state index contributed by atoms with van der Waals surface area (Å²) in [6.07, 6.45) is 2.21. The molecule has 0 aliphatic rings. The van der Waals surface area contributed by atoms with E-state index in [9.17, 15) is 8.78 Å². The van der Waals surface area contributed by atoms with Gasteiger partial charge in [-0.1, -0.05) is 11.2 Å². The van der Waals surface area contributed by atoms with Crippen LogP contribution in [0.3, 0.4) is 0 Å². The molecule has 0 fully saturated rings. The summed E-state index contributed by atoms with van der Waals surface area (Å²) in [4.78, 5) is 0. The van der Waals surface area contributed by atoms with Crippen molar-refractivity contribution in [3.8, 4) is 0 Å². The predicted octanol–water partition coefficient (Wildman–Crippen LogP) is 1.97. The van der Waals surface area contributed by atoms with Gasteiger partial charge in [-0.25, -0.2) is 8.78 Å². The summed E-state index contributed by atoms with van der Waals surface area (Å²) in [6, 6.07) is 3.84. The molecule has 0 unspecified atom stereocenters. The second-order valence-electron chi connectivity index (χ2n) is 3.97. The summed E-state index contributed by atoms with van der Waals surface area (Å²) < 4.78 is 25.5. The fourth-order valence-corrected chi connectivity index (χ4v) is 1.49. The summed E-state index contributed by atoms with van der Waals surface area (Å²) >= 11 is 0. The Morgan fingerprint density at radius 2 is 2.06 bits per heavy atom. The summed E-state index contributed by atoms with van der Waals surface area (Å²) in [7, 11) is 0. The molecule has 0 bridgehead atoms. The van der Waals surface area contributed by atoms with Crippen LogP contribution >= 0.6 is 0 Å². The molecule has 18 heavy (non-hydrogen) atoms. The van der Waals surface area contributed by atoms with Crippen molar-refractivity contribution < 1.29 is 14.0 Å². The maximum Gasteiger partial charge on any atom is 0.159 e. The summed E-state index contributed by atoms with van der Waals surface area (Å²) in [5, 5.41) is 14.3. The molecule has 0 amide bonds. The first-order chi connectivity index (χ1) is 8.63. The standard InChI is InChI=1S/C12H17F2N3O/c13-10-5-4-9(7-11(10)14)8-16-6-2-1-3-12(15)17-18/h4-5,7,16,18H,1-3,6,8H2,(H2,15,17). The van der Waals surface area contributed by atoms with Crippen LogP contribution < -0.4 is 11.1 Å². The number of hydrogen-bond donors (Lipinski definition) is 3. The monoisotopic (exact) mass is 257 g/mol. The van der Waals surface area contributed by atoms with Crippen LogP contribution in [0.15, 0.2) is 23.4 Å². The molecular formula is C12H17F2N3O. The van der Waals surface area contributed by atoms with Gasteiger partial charge in [-0.3, -0.25) is 0 Å². The minimum Gasteiger partial charge on any atom is -0.409 e. The molecule has 0 heterocycles. The average molecular weight is 257 g/mol.